The molecule has 0 aliphatic heterocycles. The van der Waals surface area contributed by atoms with E-state index in [2.05, 4.69) is 33.4 Å². The molecule has 0 saturated heterocycles. The molecule has 0 fully saturated rings. The predicted octanol–water partition coefficient (Wildman–Crippen LogP) is 4.93. The molecule has 0 bridgehead atoms. The Hall–Kier alpha value is -2.40. The molecule has 0 aliphatic carbocycles. The number of nitrogens with one attached hydrogen (secondary N) is 2. The van der Waals surface area contributed by atoms with Crippen molar-refractivity contribution in [2.45, 2.75) is 6.10 Å². The number of hydroxylamine groups is 1. The van der Waals surface area contributed by atoms with E-state index in [1.165, 1.54) is 12.1 Å². The minimum atomic E-state index is -0.961. The second-order valence-electron chi connectivity index (χ2n) is 6.46. The fourth-order valence-corrected chi connectivity index (χ4v) is 3.47. The normalized spacial score (nSPS) is 11.6. The summed E-state index contributed by atoms with van der Waals surface area (Å²) in [5.74, 6) is -0.516. The molecule has 0 saturated carbocycles. The van der Waals surface area contributed by atoms with Gasteiger partial charge in [0.2, 0.25) is 0 Å². The number of carbonyl (C=O) groups is 1. The van der Waals surface area contributed by atoms with Crippen LogP contribution in [0, 0.1) is 9.39 Å². The number of benzene rings is 3. The van der Waals surface area contributed by atoms with Gasteiger partial charge in [-0.1, -0.05) is 29.8 Å². The second-order valence-corrected chi connectivity index (χ2v) is 8.11. The van der Waals surface area contributed by atoms with E-state index in [1.54, 1.807) is 24.3 Å². The SMILES string of the molecule is O=C(NOCC(O)COc1ccccc1)c1ccc(F)cc1Nc1ccc(I)cc1Cl. The highest BCUT2D eigenvalue weighted by atomic mass is 127. The van der Waals surface area contributed by atoms with Crippen molar-refractivity contribution in [3.8, 4) is 5.75 Å². The lowest BCUT2D eigenvalue weighted by Gasteiger charge is -2.15. The molecule has 0 heterocycles. The lowest BCUT2D eigenvalue weighted by molar-refractivity contribution is -0.0259. The molecule has 1 unspecified atom stereocenters. The van der Waals surface area contributed by atoms with Crippen LogP contribution in [0.2, 0.25) is 5.02 Å². The highest BCUT2D eigenvalue weighted by Crippen LogP contribution is 2.29. The van der Waals surface area contributed by atoms with E-state index in [9.17, 15) is 14.3 Å². The van der Waals surface area contributed by atoms with Crippen LogP contribution in [0.15, 0.2) is 66.7 Å². The summed E-state index contributed by atoms with van der Waals surface area (Å²) < 4.78 is 20.1. The topological polar surface area (TPSA) is 79.8 Å². The van der Waals surface area contributed by atoms with Crippen LogP contribution in [0.1, 0.15) is 10.4 Å². The van der Waals surface area contributed by atoms with Gasteiger partial charge in [-0.3, -0.25) is 9.63 Å². The Kier molecular flexibility index (Phi) is 8.47. The quantitative estimate of drug-likeness (QED) is 0.257. The molecule has 3 N–H and O–H groups in total. The monoisotopic (exact) mass is 556 g/mol. The second kappa shape index (κ2) is 11.3. The summed E-state index contributed by atoms with van der Waals surface area (Å²) in [5, 5.41) is 13.4. The van der Waals surface area contributed by atoms with Gasteiger partial charge in [-0.05, 0) is 71.1 Å². The molecule has 1 amide bonds. The van der Waals surface area contributed by atoms with E-state index in [0.29, 0.717) is 16.5 Å². The smallest absolute Gasteiger partial charge is 0.276 e. The van der Waals surface area contributed by atoms with Crippen molar-refractivity contribution < 1.29 is 23.9 Å². The van der Waals surface area contributed by atoms with Crippen molar-refractivity contribution >= 4 is 51.5 Å². The lowest BCUT2D eigenvalue weighted by atomic mass is 10.1. The van der Waals surface area contributed by atoms with E-state index in [-0.39, 0.29) is 24.5 Å². The van der Waals surface area contributed by atoms with Gasteiger partial charge in [0, 0.05) is 3.57 Å². The molecule has 31 heavy (non-hydrogen) atoms. The van der Waals surface area contributed by atoms with Gasteiger partial charge in [-0.15, -0.1) is 0 Å². The summed E-state index contributed by atoms with van der Waals surface area (Å²) in [6.07, 6.45) is -0.961. The maximum Gasteiger partial charge on any atom is 0.276 e. The van der Waals surface area contributed by atoms with Crippen LogP contribution < -0.4 is 15.5 Å². The van der Waals surface area contributed by atoms with Gasteiger partial charge in [0.1, 0.15) is 30.9 Å². The van der Waals surface area contributed by atoms with Gasteiger partial charge in [0.15, 0.2) is 0 Å². The Morgan fingerprint density at radius 2 is 1.84 bits per heavy atom. The molecule has 0 aliphatic rings. The van der Waals surface area contributed by atoms with Crippen molar-refractivity contribution in [1.29, 1.82) is 0 Å². The molecular formula is C22H19ClFIN2O4. The van der Waals surface area contributed by atoms with E-state index < -0.39 is 17.8 Å². The van der Waals surface area contributed by atoms with Gasteiger partial charge in [-0.25, -0.2) is 9.87 Å². The summed E-state index contributed by atoms with van der Waals surface area (Å²) in [5.41, 5.74) is 3.13. The maximum absolute atomic E-state index is 13.8. The van der Waals surface area contributed by atoms with Crippen LogP contribution in [0.4, 0.5) is 15.8 Å². The van der Waals surface area contributed by atoms with Crippen LogP contribution in [-0.2, 0) is 4.84 Å². The van der Waals surface area contributed by atoms with Crippen molar-refractivity contribution in [1.82, 2.24) is 5.48 Å². The molecular weight excluding hydrogens is 538 g/mol. The Balaban J connectivity index is 1.57. The summed E-state index contributed by atoms with van der Waals surface area (Å²) in [6, 6.07) is 18.0. The first-order valence-corrected chi connectivity index (χ1v) is 10.7. The minimum absolute atomic E-state index is 0.00541. The molecule has 9 heteroatoms. The number of para-hydroxylation sites is 1. The van der Waals surface area contributed by atoms with Gasteiger partial charge in [0.25, 0.3) is 5.91 Å². The molecule has 1 atom stereocenters. The highest BCUT2D eigenvalue weighted by Gasteiger charge is 2.15. The molecule has 0 spiro atoms. The van der Waals surface area contributed by atoms with Crippen LogP contribution in [0.3, 0.4) is 0 Å². The van der Waals surface area contributed by atoms with Gasteiger partial charge < -0.3 is 15.2 Å². The number of ether oxygens (including phenoxy) is 1. The first kappa shape index (κ1) is 23.3. The zero-order valence-electron chi connectivity index (χ0n) is 16.1. The largest absolute Gasteiger partial charge is 0.491 e. The number of carbonyl (C=O) groups excluding carboxylic acids is 1. The lowest BCUT2D eigenvalue weighted by Crippen LogP contribution is -2.31. The van der Waals surface area contributed by atoms with Crippen LogP contribution in [0.5, 0.6) is 5.75 Å². The first-order valence-electron chi connectivity index (χ1n) is 9.22. The van der Waals surface area contributed by atoms with Crippen LogP contribution in [-0.4, -0.2) is 30.3 Å². The highest BCUT2D eigenvalue weighted by molar-refractivity contribution is 14.1. The molecule has 0 aromatic heterocycles. The fourth-order valence-electron chi connectivity index (χ4n) is 2.57. The van der Waals surface area contributed by atoms with Crippen molar-refractivity contribution in [3.05, 3.63) is 86.7 Å². The third-order valence-corrected chi connectivity index (χ3v) is 5.04. The average molecular weight is 557 g/mol. The third kappa shape index (κ3) is 7.06. The van der Waals surface area contributed by atoms with Crippen molar-refractivity contribution in [2.24, 2.45) is 0 Å². The van der Waals surface area contributed by atoms with Gasteiger partial charge >= 0.3 is 0 Å². The Labute approximate surface area is 197 Å². The molecule has 3 aromatic rings. The van der Waals surface area contributed by atoms with Crippen molar-refractivity contribution in [3.63, 3.8) is 0 Å². The summed E-state index contributed by atoms with van der Waals surface area (Å²) >= 11 is 8.34. The fraction of sp³-hybridized carbons (Fsp3) is 0.136. The zero-order valence-corrected chi connectivity index (χ0v) is 19.1. The Bertz CT molecular complexity index is 1040. The van der Waals surface area contributed by atoms with Gasteiger partial charge in [-0.2, -0.15) is 0 Å². The number of amides is 1. The maximum atomic E-state index is 13.8. The molecule has 6 nitrogen and oxygen atoms in total. The third-order valence-electron chi connectivity index (χ3n) is 4.05. The van der Waals surface area contributed by atoms with Gasteiger partial charge in [0.05, 0.1) is 22.0 Å². The molecule has 162 valence electrons. The number of aliphatic hydroxyl groups is 1. The minimum Gasteiger partial charge on any atom is -0.491 e. The van der Waals surface area contributed by atoms with E-state index in [4.69, 9.17) is 21.2 Å². The van der Waals surface area contributed by atoms with Crippen LogP contribution >= 0.6 is 34.2 Å². The Morgan fingerprint density at radius 3 is 2.58 bits per heavy atom. The van der Waals surface area contributed by atoms with E-state index in [0.717, 1.165) is 9.64 Å². The number of aliphatic hydroxyl groups excluding tert-OH is 1. The number of hydrogen-bond donors (Lipinski definition) is 3. The molecule has 3 aromatic carbocycles. The predicted molar refractivity (Wildman–Crippen MR) is 125 cm³/mol. The van der Waals surface area contributed by atoms with Crippen LogP contribution in [0.25, 0.3) is 0 Å². The first-order chi connectivity index (χ1) is 14.9. The summed E-state index contributed by atoms with van der Waals surface area (Å²) in [4.78, 5) is 17.6. The number of anilines is 2. The van der Waals surface area contributed by atoms with Crippen molar-refractivity contribution in [2.75, 3.05) is 18.5 Å². The Morgan fingerprint density at radius 1 is 1.06 bits per heavy atom. The number of rotatable bonds is 9. The molecule has 0 radical (unpaired) electrons. The standard InChI is InChI=1S/C22H19ClFIN2O4/c23-19-11-15(25)7-9-20(19)26-21-10-14(24)6-8-18(21)22(29)27-31-13-16(28)12-30-17-4-2-1-3-5-17/h1-11,16,26,28H,12-13H2,(H,27,29). The zero-order chi connectivity index (χ0) is 22.2. The number of halogens is 3. The average Bonchev–Trinajstić information content (AvgIpc) is 2.75. The van der Waals surface area contributed by atoms with E-state index in [1.807, 2.05) is 24.3 Å². The number of hydrogen-bond acceptors (Lipinski definition) is 5. The summed E-state index contributed by atoms with van der Waals surface area (Å²) in [7, 11) is 0. The summed E-state index contributed by atoms with van der Waals surface area (Å²) in [6.45, 7) is -0.194. The van der Waals surface area contributed by atoms with E-state index >= 15 is 0 Å². The molecule has 3 rings (SSSR count).